The number of carbonyl (C=O) groups excluding carboxylic acids is 1. The number of hydrogen-bond donors (Lipinski definition) is 1. The highest BCUT2D eigenvalue weighted by Crippen LogP contribution is 2.26. The van der Waals surface area contributed by atoms with E-state index in [-0.39, 0.29) is 10.8 Å². The molecule has 0 unspecified atom stereocenters. The van der Waals surface area contributed by atoms with Gasteiger partial charge in [-0.05, 0) is 50.5 Å². The number of hydrogen-bond acceptors (Lipinski definition) is 5. The Bertz CT molecular complexity index is 958. The number of rotatable bonds is 5. The third kappa shape index (κ3) is 4.82. The van der Waals surface area contributed by atoms with E-state index in [4.69, 9.17) is 0 Å². The number of aromatic nitrogens is 1. The van der Waals surface area contributed by atoms with Gasteiger partial charge in [-0.25, -0.2) is 13.4 Å². The maximum Gasteiger partial charge on any atom is 0.248 e. The fourth-order valence-corrected chi connectivity index (χ4v) is 5.35. The highest BCUT2D eigenvalue weighted by molar-refractivity contribution is 7.89. The van der Waals surface area contributed by atoms with Gasteiger partial charge < -0.3 is 5.32 Å². The van der Waals surface area contributed by atoms with Gasteiger partial charge in [-0.3, -0.25) is 4.79 Å². The summed E-state index contributed by atoms with van der Waals surface area (Å²) in [5.41, 5.74) is 1.86. The molecular weight excluding hydrogens is 382 g/mol. The zero-order chi connectivity index (χ0) is 19.4. The summed E-state index contributed by atoms with van der Waals surface area (Å²) in [5, 5.41) is 5.53. The van der Waals surface area contributed by atoms with Crippen molar-refractivity contribution < 1.29 is 13.2 Å². The third-order valence-electron chi connectivity index (χ3n) is 4.43. The molecule has 2 heterocycles. The highest BCUT2D eigenvalue weighted by atomic mass is 32.2. The SMILES string of the molecule is Cc1nc(/C=C/C(=O)Nc2ccc(C)c(S(=O)(=O)N3CCCCC3)c2)cs1. The van der Waals surface area contributed by atoms with Crippen LogP contribution < -0.4 is 5.32 Å². The number of nitrogens with zero attached hydrogens (tertiary/aromatic N) is 2. The largest absolute Gasteiger partial charge is 0.322 e. The predicted molar refractivity (Wildman–Crippen MR) is 108 cm³/mol. The normalized spacial score (nSPS) is 15.9. The number of thiazole rings is 1. The zero-order valence-corrected chi connectivity index (χ0v) is 17.1. The van der Waals surface area contributed by atoms with Crippen LogP contribution >= 0.6 is 11.3 Å². The third-order valence-corrected chi connectivity index (χ3v) is 7.26. The number of aryl methyl sites for hydroxylation is 2. The number of nitrogens with one attached hydrogen (secondary N) is 1. The molecule has 27 heavy (non-hydrogen) atoms. The Balaban J connectivity index is 1.76. The number of piperidine rings is 1. The molecule has 1 saturated heterocycles. The summed E-state index contributed by atoms with van der Waals surface area (Å²) in [5.74, 6) is -0.328. The molecule has 1 fully saturated rings. The fourth-order valence-electron chi connectivity index (χ4n) is 3.00. The number of anilines is 1. The first-order valence-corrected chi connectivity index (χ1v) is 11.2. The molecule has 0 spiro atoms. The van der Waals surface area contributed by atoms with Crippen LogP contribution in [0.4, 0.5) is 5.69 Å². The van der Waals surface area contributed by atoms with Crippen LogP contribution in [0.25, 0.3) is 6.08 Å². The van der Waals surface area contributed by atoms with Crippen LogP contribution in [0.1, 0.15) is 35.5 Å². The van der Waals surface area contributed by atoms with E-state index >= 15 is 0 Å². The van der Waals surface area contributed by atoms with E-state index in [1.54, 1.807) is 25.1 Å². The second kappa shape index (κ2) is 8.33. The summed E-state index contributed by atoms with van der Waals surface area (Å²) in [6.07, 6.45) is 5.86. The van der Waals surface area contributed by atoms with E-state index in [0.29, 0.717) is 24.3 Å². The number of sulfonamides is 1. The van der Waals surface area contributed by atoms with Crippen molar-refractivity contribution in [3.05, 3.63) is 45.9 Å². The Kier molecular flexibility index (Phi) is 6.08. The molecule has 0 bridgehead atoms. The molecule has 8 heteroatoms. The first kappa shape index (κ1) is 19.7. The van der Waals surface area contributed by atoms with E-state index in [1.807, 2.05) is 12.3 Å². The summed E-state index contributed by atoms with van der Waals surface area (Å²) in [6, 6.07) is 4.97. The van der Waals surface area contributed by atoms with Crippen molar-refractivity contribution in [2.75, 3.05) is 18.4 Å². The van der Waals surface area contributed by atoms with Gasteiger partial charge in [0, 0.05) is 30.2 Å². The minimum Gasteiger partial charge on any atom is -0.322 e. The predicted octanol–water partition coefficient (Wildman–Crippen LogP) is 3.59. The summed E-state index contributed by atoms with van der Waals surface area (Å²) >= 11 is 1.51. The fraction of sp³-hybridized carbons (Fsp3) is 0.368. The Hall–Kier alpha value is -2.03. The van der Waals surface area contributed by atoms with E-state index in [0.717, 1.165) is 30.0 Å². The van der Waals surface area contributed by atoms with Crippen LogP contribution in [0.15, 0.2) is 34.6 Å². The van der Waals surface area contributed by atoms with Crippen LogP contribution in [0.3, 0.4) is 0 Å². The van der Waals surface area contributed by atoms with E-state index in [1.165, 1.54) is 27.8 Å². The molecule has 144 valence electrons. The van der Waals surface area contributed by atoms with Crippen molar-refractivity contribution in [1.29, 1.82) is 0 Å². The topological polar surface area (TPSA) is 79.4 Å². The maximum atomic E-state index is 13.0. The van der Waals surface area contributed by atoms with Gasteiger partial charge in [0.2, 0.25) is 15.9 Å². The average Bonchev–Trinajstić information content (AvgIpc) is 3.07. The lowest BCUT2D eigenvalue weighted by Crippen LogP contribution is -2.36. The molecule has 3 rings (SSSR count). The Morgan fingerprint density at radius 1 is 1.22 bits per heavy atom. The molecular formula is C19H23N3O3S2. The number of carbonyl (C=O) groups is 1. The average molecular weight is 406 g/mol. The molecule has 1 N–H and O–H groups in total. The lowest BCUT2D eigenvalue weighted by molar-refractivity contribution is -0.111. The molecule has 1 aliphatic heterocycles. The van der Waals surface area contributed by atoms with E-state index < -0.39 is 10.0 Å². The van der Waals surface area contributed by atoms with Crippen LogP contribution in [-0.4, -0.2) is 36.7 Å². The quantitative estimate of drug-likeness (QED) is 0.771. The Morgan fingerprint density at radius 2 is 1.96 bits per heavy atom. The molecule has 6 nitrogen and oxygen atoms in total. The van der Waals surface area contributed by atoms with Crippen molar-refractivity contribution in [3.8, 4) is 0 Å². The van der Waals surface area contributed by atoms with Gasteiger partial charge in [0.15, 0.2) is 0 Å². The molecule has 1 aliphatic rings. The van der Waals surface area contributed by atoms with Gasteiger partial charge in [-0.1, -0.05) is 12.5 Å². The van der Waals surface area contributed by atoms with Gasteiger partial charge in [0.1, 0.15) is 0 Å². The molecule has 2 aromatic rings. The van der Waals surface area contributed by atoms with Crippen molar-refractivity contribution in [3.63, 3.8) is 0 Å². The van der Waals surface area contributed by atoms with Crippen molar-refractivity contribution >= 4 is 39.0 Å². The monoisotopic (exact) mass is 405 g/mol. The van der Waals surface area contributed by atoms with Gasteiger partial charge in [-0.2, -0.15) is 4.31 Å². The minimum absolute atomic E-state index is 0.251. The van der Waals surface area contributed by atoms with Crippen LogP contribution in [-0.2, 0) is 14.8 Å². The second-order valence-corrected chi connectivity index (χ2v) is 9.53. The lowest BCUT2D eigenvalue weighted by atomic mass is 10.2. The van der Waals surface area contributed by atoms with Crippen molar-refractivity contribution in [1.82, 2.24) is 9.29 Å². The first-order chi connectivity index (χ1) is 12.9. The first-order valence-electron chi connectivity index (χ1n) is 8.88. The van der Waals surface area contributed by atoms with Crippen LogP contribution in [0.2, 0.25) is 0 Å². The molecule has 0 saturated carbocycles. The van der Waals surface area contributed by atoms with Gasteiger partial charge >= 0.3 is 0 Å². The molecule has 1 aromatic carbocycles. The molecule has 1 aromatic heterocycles. The van der Waals surface area contributed by atoms with Gasteiger partial charge in [0.05, 0.1) is 15.6 Å². The van der Waals surface area contributed by atoms with Crippen LogP contribution in [0.5, 0.6) is 0 Å². The smallest absolute Gasteiger partial charge is 0.248 e. The summed E-state index contributed by atoms with van der Waals surface area (Å²) in [6.45, 7) is 4.77. The van der Waals surface area contributed by atoms with Crippen LogP contribution in [0, 0.1) is 13.8 Å². The maximum absolute atomic E-state index is 13.0. The van der Waals surface area contributed by atoms with Crippen molar-refractivity contribution in [2.45, 2.75) is 38.0 Å². The van der Waals surface area contributed by atoms with Gasteiger partial charge in [0.25, 0.3) is 0 Å². The molecule has 0 atom stereocenters. The van der Waals surface area contributed by atoms with Crippen molar-refractivity contribution in [2.24, 2.45) is 0 Å². The highest BCUT2D eigenvalue weighted by Gasteiger charge is 2.27. The zero-order valence-electron chi connectivity index (χ0n) is 15.4. The molecule has 1 amide bonds. The minimum atomic E-state index is -3.55. The van der Waals surface area contributed by atoms with E-state index in [2.05, 4.69) is 10.3 Å². The molecule has 0 aliphatic carbocycles. The summed E-state index contributed by atoms with van der Waals surface area (Å²) < 4.78 is 27.4. The summed E-state index contributed by atoms with van der Waals surface area (Å²) in [4.78, 5) is 16.7. The summed E-state index contributed by atoms with van der Waals surface area (Å²) in [7, 11) is -3.55. The molecule has 0 radical (unpaired) electrons. The van der Waals surface area contributed by atoms with Gasteiger partial charge in [-0.15, -0.1) is 11.3 Å². The number of benzene rings is 1. The Morgan fingerprint density at radius 3 is 2.63 bits per heavy atom. The lowest BCUT2D eigenvalue weighted by Gasteiger charge is -2.26. The number of amides is 1. The second-order valence-electron chi connectivity index (χ2n) is 6.56. The Labute approximate surface area is 164 Å². The van der Waals surface area contributed by atoms with E-state index in [9.17, 15) is 13.2 Å². The standard InChI is InChI=1S/C19H23N3O3S2/c1-14-6-7-16(21-19(23)9-8-17-13-26-15(2)20-17)12-18(14)27(24,25)22-10-4-3-5-11-22/h6-9,12-13H,3-5,10-11H2,1-2H3,(H,21,23)/b9-8+.